The normalized spacial score (nSPS) is 10.2. The quantitative estimate of drug-likeness (QED) is 0.684. The first-order valence-electron chi connectivity index (χ1n) is 4.07. The Labute approximate surface area is 88.7 Å². The zero-order chi connectivity index (χ0) is 10.8. The Morgan fingerprint density at radius 2 is 2.40 bits per heavy atom. The predicted molar refractivity (Wildman–Crippen MR) is 55.6 cm³/mol. The largest absolute Gasteiger partial charge is 0.383 e. The van der Waals surface area contributed by atoms with Crippen LogP contribution in [0.1, 0.15) is 15.4 Å². The molecule has 7 nitrogen and oxygen atoms in total. The van der Waals surface area contributed by atoms with Crippen molar-refractivity contribution in [1.29, 1.82) is 0 Å². The molecule has 78 valence electrons. The maximum Gasteiger partial charge on any atom is 0.262 e. The van der Waals surface area contributed by atoms with Gasteiger partial charge in [0.15, 0.2) is 0 Å². The van der Waals surface area contributed by atoms with Gasteiger partial charge in [0.25, 0.3) is 5.91 Å². The third kappa shape index (κ3) is 1.94. The number of nitrogens with one attached hydrogen (secondary N) is 2. The molecule has 0 atom stereocenters. The molecule has 0 radical (unpaired) electrons. The molecule has 0 bridgehead atoms. The SMILES string of the molecule is Cc1nnc(NC(=O)c2cn[nH]c2N)s1. The molecule has 0 saturated carbocycles. The second-order valence-corrected chi connectivity index (χ2v) is 3.96. The number of anilines is 2. The van der Waals surface area contributed by atoms with Crippen molar-refractivity contribution in [3.05, 3.63) is 16.8 Å². The van der Waals surface area contributed by atoms with Gasteiger partial charge in [0.2, 0.25) is 5.13 Å². The number of hydrogen-bond acceptors (Lipinski definition) is 6. The fourth-order valence-electron chi connectivity index (χ4n) is 0.989. The van der Waals surface area contributed by atoms with Crippen molar-refractivity contribution in [2.45, 2.75) is 6.92 Å². The van der Waals surface area contributed by atoms with Crippen molar-refractivity contribution >= 4 is 28.2 Å². The van der Waals surface area contributed by atoms with Gasteiger partial charge in [-0.1, -0.05) is 11.3 Å². The highest BCUT2D eigenvalue weighted by Crippen LogP contribution is 2.15. The third-order valence-electron chi connectivity index (χ3n) is 1.66. The third-order valence-corrected chi connectivity index (χ3v) is 2.41. The van der Waals surface area contributed by atoms with E-state index < -0.39 is 0 Å². The zero-order valence-electron chi connectivity index (χ0n) is 7.81. The zero-order valence-corrected chi connectivity index (χ0v) is 8.63. The number of aromatic nitrogens is 4. The van der Waals surface area contributed by atoms with E-state index >= 15 is 0 Å². The van der Waals surface area contributed by atoms with Gasteiger partial charge in [0, 0.05) is 0 Å². The van der Waals surface area contributed by atoms with Crippen LogP contribution in [0.15, 0.2) is 6.20 Å². The van der Waals surface area contributed by atoms with Crippen LogP contribution in [-0.4, -0.2) is 26.3 Å². The van der Waals surface area contributed by atoms with Crippen molar-refractivity contribution in [3.8, 4) is 0 Å². The maximum atomic E-state index is 11.6. The van der Waals surface area contributed by atoms with Gasteiger partial charge in [-0.05, 0) is 6.92 Å². The topological polar surface area (TPSA) is 110 Å². The second kappa shape index (κ2) is 3.65. The van der Waals surface area contributed by atoms with Gasteiger partial charge in [-0.3, -0.25) is 15.2 Å². The van der Waals surface area contributed by atoms with Gasteiger partial charge in [0.05, 0.1) is 6.20 Å². The molecule has 0 saturated heterocycles. The Kier molecular flexibility index (Phi) is 2.34. The summed E-state index contributed by atoms with van der Waals surface area (Å²) in [5.74, 6) is -0.119. The van der Waals surface area contributed by atoms with Crippen LogP contribution in [-0.2, 0) is 0 Å². The molecular formula is C7H8N6OS. The van der Waals surface area contributed by atoms with E-state index in [1.807, 2.05) is 0 Å². The fourth-order valence-corrected chi connectivity index (χ4v) is 1.58. The number of nitrogen functional groups attached to an aromatic ring is 1. The van der Waals surface area contributed by atoms with Crippen LogP contribution in [0.4, 0.5) is 10.9 Å². The molecule has 0 aliphatic heterocycles. The number of hydrogen-bond donors (Lipinski definition) is 3. The monoisotopic (exact) mass is 224 g/mol. The first-order chi connectivity index (χ1) is 7.16. The molecule has 2 aromatic heterocycles. The number of nitrogens with zero attached hydrogens (tertiary/aromatic N) is 3. The molecule has 4 N–H and O–H groups in total. The molecule has 0 aliphatic rings. The van der Waals surface area contributed by atoms with Crippen LogP contribution < -0.4 is 11.1 Å². The number of carbonyl (C=O) groups is 1. The van der Waals surface area contributed by atoms with Gasteiger partial charge in [-0.15, -0.1) is 10.2 Å². The van der Waals surface area contributed by atoms with Crippen LogP contribution in [0, 0.1) is 6.92 Å². The van der Waals surface area contributed by atoms with E-state index in [1.54, 1.807) is 6.92 Å². The molecule has 2 aromatic rings. The molecule has 0 spiro atoms. The summed E-state index contributed by atoms with van der Waals surface area (Å²) in [7, 11) is 0. The lowest BCUT2D eigenvalue weighted by molar-refractivity contribution is 0.102. The number of amides is 1. The van der Waals surface area contributed by atoms with Crippen LogP contribution >= 0.6 is 11.3 Å². The molecule has 0 unspecified atom stereocenters. The highest BCUT2D eigenvalue weighted by molar-refractivity contribution is 7.15. The predicted octanol–water partition coefficient (Wildman–Crippen LogP) is 0.404. The molecular weight excluding hydrogens is 216 g/mol. The average molecular weight is 224 g/mol. The van der Waals surface area contributed by atoms with E-state index in [0.29, 0.717) is 10.7 Å². The Bertz CT molecular complexity index is 489. The lowest BCUT2D eigenvalue weighted by Gasteiger charge is -1.97. The van der Waals surface area contributed by atoms with Crippen molar-refractivity contribution in [3.63, 3.8) is 0 Å². The number of H-pyrrole nitrogens is 1. The van der Waals surface area contributed by atoms with E-state index in [4.69, 9.17) is 5.73 Å². The van der Waals surface area contributed by atoms with Gasteiger partial charge in [0.1, 0.15) is 16.4 Å². The Hall–Kier alpha value is -1.96. The molecule has 15 heavy (non-hydrogen) atoms. The fraction of sp³-hybridized carbons (Fsp3) is 0.143. The van der Waals surface area contributed by atoms with E-state index in [0.717, 1.165) is 5.01 Å². The summed E-state index contributed by atoms with van der Waals surface area (Å²) in [6, 6.07) is 0. The van der Waals surface area contributed by atoms with Crippen molar-refractivity contribution in [2.75, 3.05) is 11.1 Å². The average Bonchev–Trinajstić information content (AvgIpc) is 2.75. The molecule has 2 heterocycles. The Morgan fingerprint density at radius 1 is 1.60 bits per heavy atom. The summed E-state index contributed by atoms with van der Waals surface area (Å²) in [5.41, 5.74) is 5.78. The van der Waals surface area contributed by atoms with Crippen molar-refractivity contribution in [2.24, 2.45) is 0 Å². The summed E-state index contributed by atoms with van der Waals surface area (Å²) >= 11 is 1.29. The van der Waals surface area contributed by atoms with E-state index in [-0.39, 0.29) is 11.7 Å². The molecule has 8 heteroatoms. The lowest BCUT2D eigenvalue weighted by atomic mass is 10.3. The smallest absolute Gasteiger partial charge is 0.262 e. The summed E-state index contributed by atoms with van der Waals surface area (Å²) in [4.78, 5) is 11.6. The van der Waals surface area contributed by atoms with Crippen molar-refractivity contribution in [1.82, 2.24) is 20.4 Å². The minimum Gasteiger partial charge on any atom is -0.383 e. The summed E-state index contributed by atoms with van der Waals surface area (Å²) < 4.78 is 0. The first-order valence-corrected chi connectivity index (χ1v) is 4.89. The number of carbonyl (C=O) groups excluding carboxylic acids is 1. The number of rotatable bonds is 2. The highest BCUT2D eigenvalue weighted by atomic mass is 32.1. The molecule has 2 rings (SSSR count). The summed E-state index contributed by atoms with van der Waals surface area (Å²) in [6.07, 6.45) is 1.36. The highest BCUT2D eigenvalue weighted by Gasteiger charge is 2.13. The van der Waals surface area contributed by atoms with Gasteiger partial charge in [-0.2, -0.15) is 5.10 Å². The van der Waals surface area contributed by atoms with E-state index in [1.165, 1.54) is 17.5 Å². The number of aryl methyl sites for hydroxylation is 1. The van der Waals surface area contributed by atoms with Gasteiger partial charge >= 0.3 is 0 Å². The first kappa shape index (κ1) is 9.59. The Morgan fingerprint density at radius 3 is 2.93 bits per heavy atom. The molecule has 1 amide bonds. The lowest BCUT2D eigenvalue weighted by Crippen LogP contribution is -2.12. The van der Waals surface area contributed by atoms with Crippen molar-refractivity contribution < 1.29 is 4.79 Å². The molecule has 0 fully saturated rings. The van der Waals surface area contributed by atoms with Gasteiger partial charge in [-0.25, -0.2) is 0 Å². The summed E-state index contributed by atoms with van der Waals surface area (Å²) in [5, 5.41) is 17.5. The van der Waals surface area contributed by atoms with Crippen LogP contribution in [0.25, 0.3) is 0 Å². The summed E-state index contributed by atoms with van der Waals surface area (Å²) in [6.45, 7) is 1.81. The van der Waals surface area contributed by atoms with E-state index in [9.17, 15) is 4.79 Å². The molecule has 0 aliphatic carbocycles. The van der Waals surface area contributed by atoms with E-state index in [2.05, 4.69) is 25.7 Å². The van der Waals surface area contributed by atoms with Crippen LogP contribution in [0.2, 0.25) is 0 Å². The van der Waals surface area contributed by atoms with Gasteiger partial charge < -0.3 is 5.73 Å². The number of nitrogens with two attached hydrogens (primary N) is 1. The molecule has 0 aromatic carbocycles. The standard InChI is InChI=1S/C7H8N6OS/c1-3-11-13-7(15-3)10-6(14)4-2-9-12-5(4)8/h2H,1H3,(H3,8,9,12)(H,10,13,14). The Balaban J connectivity index is 2.14. The maximum absolute atomic E-state index is 11.6. The second-order valence-electron chi connectivity index (χ2n) is 2.78. The van der Waals surface area contributed by atoms with Crippen LogP contribution in [0.3, 0.4) is 0 Å². The minimum absolute atomic E-state index is 0.230. The minimum atomic E-state index is -0.350. The number of aromatic amines is 1. The van der Waals surface area contributed by atoms with Crippen LogP contribution in [0.5, 0.6) is 0 Å².